The molecule has 0 saturated carbocycles. The van der Waals surface area contributed by atoms with Gasteiger partial charge >= 0.3 is 5.69 Å². The van der Waals surface area contributed by atoms with Crippen LogP contribution in [-0.2, 0) is 14.8 Å². The minimum Gasteiger partial charge on any atom is -0.490 e. The summed E-state index contributed by atoms with van der Waals surface area (Å²) in [4.78, 5) is 22.6. The first-order valence-corrected chi connectivity index (χ1v) is 10.2. The predicted molar refractivity (Wildman–Crippen MR) is 109 cm³/mol. The summed E-state index contributed by atoms with van der Waals surface area (Å²) in [6, 6.07) is 10.9. The van der Waals surface area contributed by atoms with Gasteiger partial charge < -0.3 is 4.74 Å². The monoisotopic (exact) mass is 420 g/mol. The van der Waals surface area contributed by atoms with E-state index in [0.717, 1.165) is 16.1 Å². The molecule has 29 heavy (non-hydrogen) atoms. The van der Waals surface area contributed by atoms with Gasteiger partial charge in [-0.3, -0.25) is 19.2 Å². The second kappa shape index (κ2) is 9.15. The van der Waals surface area contributed by atoms with E-state index in [9.17, 15) is 23.3 Å². The summed E-state index contributed by atoms with van der Waals surface area (Å²) < 4.78 is 30.0. The fraction of sp³-hybridized carbons (Fsp3) is 0.222. The molecule has 10 nitrogen and oxygen atoms in total. The molecule has 0 heterocycles. The number of rotatable bonds is 8. The van der Waals surface area contributed by atoms with E-state index in [1.807, 2.05) is 13.0 Å². The van der Waals surface area contributed by atoms with Gasteiger partial charge in [-0.25, -0.2) is 13.8 Å². The number of nitrogens with one attached hydrogen (secondary N) is 1. The Hall–Kier alpha value is -3.47. The van der Waals surface area contributed by atoms with Crippen LogP contribution in [0.3, 0.4) is 0 Å². The fourth-order valence-electron chi connectivity index (χ4n) is 2.46. The summed E-state index contributed by atoms with van der Waals surface area (Å²) in [7, 11) is -2.38. The van der Waals surface area contributed by atoms with Crippen LogP contribution in [0.2, 0.25) is 0 Å². The standard InChI is InChI=1S/C18H20N4O6S/c1-13-5-4-6-15(9-13)21(29(3,26)27)12-18(23)20-19-11-14-7-8-17(28-2)16(10-14)22(24)25/h4-11H,12H2,1-3H3,(H,20,23)/b19-11-. The van der Waals surface area contributed by atoms with E-state index in [1.54, 1.807) is 18.2 Å². The quantitative estimate of drug-likeness (QED) is 0.394. The van der Waals surface area contributed by atoms with E-state index in [0.29, 0.717) is 11.3 Å². The van der Waals surface area contributed by atoms with Gasteiger partial charge in [0.15, 0.2) is 5.75 Å². The van der Waals surface area contributed by atoms with Gasteiger partial charge in [-0.2, -0.15) is 5.10 Å². The van der Waals surface area contributed by atoms with Gasteiger partial charge in [-0.15, -0.1) is 0 Å². The van der Waals surface area contributed by atoms with Crippen LogP contribution in [-0.4, -0.2) is 45.4 Å². The van der Waals surface area contributed by atoms with Crippen LogP contribution in [0.25, 0.3) is 0 Å². The number of nitro groups is 1. The average Bonchev–Trinajstić information content (AvgIpc) is 2.65. The maximum Gasteiger partial charge on any atom is 0.311 e. The summed E-state index contributed by atoms with van der Waals surface area (Å²) in [6.45, 7) is 1.34. The Kier molecular flexibility index (Phi) is 6.89. The summed E-state index contributed by atoms with van der Waals surface area (Å²) in [5.74, 6) is -0.575. The molecule has 0 atom stereocenters. The van der Waals surface area contributed by atoms with E-state index in [1.165, 1.54) is 31.5 Å². The number of hydrogen-bond donors (Lipinski definition) is 1. The molecule has 11 heteroatoms. The number of nitrogens with zero attached hydrogens (tertiary/aromatic N) is 3. The number of nitro benzene ring substituents is 1. The molecule has 0 aromatic heterocycles. The van der Waals surface area contributed by atoms with Crippen molar-refractivity contribution < 1.29 is 22.9 Å². The molecule has 0 fully saturated rings. The largest absolute Gasteiger partial charge is 0.490 e. The summed E-state index contributed by atoms with van der Waals surface area (Å²) in [6.07, 6.45) is 2.21. The third-order valence-electron chi connectivity index (χ3n) is 3.78. The molecule has 2 rings (SSSR count). The van der Waals surface area contributed by atoms with Gasteiger partial charge in [0.05, 0.1) is 30.2 Å². The van der Waals surface area contributed by atoms with Gasteiger partial charge in [0, 0.05) is 11.6 Å². The fourth-order valence-corrected chi connectivity index (χ4v) is 3.31. The normalized spacial score (nSPS) is 11.3. The SMILES string of the molecule is COc1ccc(/C=N\NC(=O)CN(c2cccc(C)c2)S(C)(=O)=O)cc1[N+](=O)[O-]. The summed E-state index contributed by atoms with van der Waals surface area (Å²) in [5.41, 5.74) is 3.53. The molecule has 0 aliphatic carbocycles. The van der Waals surface area contributed by atoms with E-state index < -0.39 is 27.4 Å². The zero-order valence-electron chi connectivity index (χ0n) is 16.0. The number of anilines is 1. The number of benzene rings is 2. The average molecular weight is 420 g/mol. The van der Waals surface area contributed by atoms with Crippen LogP contribution in [0, 0.1) is 17.0 Å². The van der Waals surface area contributed by atoms with Crippen LogP contribution in [0.4, 0.5) is 11.4 Å². The van der Waals surface area contributed by atoms with Crippen LogP contribution in [0.15, 0.2) is 47.6 Å². The van der Waals surface area contributed by atoms with Crippen LogP contribution in [0.5, 0.6) is 5.75 Å². The van der Waals surface area contributed by atoms with E-state index >= 15 is 0 Å². The minimum absolute atomic E-state index is 0.0955. The highest BCUT2D eigenvalue weighted by Gasteiger charge is 2.20. The van der Waals surface area contributed by atoms with Crippen molar-refractivity contribution in [2.24, 2.45) is 5.10 Å². The number of ether oxygens (including phenoxy) is 1. The molecule has 1 N–H and O–H groups in total. The lowest BCUT2D eigenvalue weighted by atomic mass is 10.2. The molecule has 0 spiro atoms. The highest BCUT2D eigenvalue weighted by atomic mass is 32.2. The first-order valence-electron chi connectivity index (χ1n) is 8.30. The summed E-state index contributed by atoms with van der Waals surface area (Å²) >= 11 is 0. The number of hydrazone groups is 1. The number of hydrogen-bond acceptors (Lipinski definition) is 7. The predicted octanol–water partition coefficient (Wildman–Crippen LogP) is 1.83. The summed E-state index contributed by atoms with van der Waals surface area (Å²) in [5, 5.41) is 14.8. The molecule has 0 unspecified atom stereocenters. The maximum atomic E-state index is 12.2. The van der Waals surface area contributed by atoms with Gasteiger partial charge in [0.1, 0.15) is 6.54 Å². The lowest BCUT2D eigenvalue weighted by Crippen LogP contribution is -2.39. The molecular weight excluding hydrogens is 400 g/mol. The van der Waals surface area contributed by atoms with E-state index in [2.05, 4.69) is 10.5 Å². The zero-order chi connectivity index (χ0) is 21.6. The van der Waals surface area contributed by atoms with Gasteiger partial charge in [-0.05, 0) is 36.8 Å². The van der Waals surface area contributed by atoms with Crippen molar-refractivity contribution in [2.45, 2.75) is 6.92 Å². The number of methoxy groups -OCH3 is 1. The highest BCUT2D eigenvalue weighted by Crippen LogP contribution is 2.26. The number of carbonyl (C=O) groups excluding carboxylic acids is 1. The molecular formula is C18H20N4O6S. The topological polar surface area (TPSA) is 131 Å². The van der Waals surface area contributed by atoms with Crippen LogP contribution < -0.4 is 14.5 Å². The lowest BCUT2D eigenvalue weighted by molar-refractivity contribution is -0.385. The first-order chi connectivity index (χ1) is 13.6. The van der Waals surface area contributed by atoms with Crippen molar-refractivity contribution in [1.82, 2.24) is 5.43 Å². The third-order valence-corrected chi connectivity index (χ3v) is 4.92. The first kappa shape index (κ1) is 21.8. The Bertz CT molecular complexity index is 1050. The smallest absolute Gasteiger partial charge is 0.311 e. The van der Waals surface area contributed by atoms with Gasteiger partial charge in [0.25, 0.3) is 5.91 Å². The Morgan fingerprint density at radius 2 is 2.03 bits per heavy atom. The Labute approximate surface area is 168 Å². The minimum atomic E-state index is -3.70. The van der Waals surface area contributed by atoms with Gasteiger partial charge in [0.2, 0.25) is 10.0 Å². The molecule has 2 aromatic rings. The van der Waals surface area contributed by atoms with Crippen LogP contribution >= 0.6 is 0 Å². The molecule has 154 valence electrons. The van der Waals surface area contributed by atoms with Crippen molar-refractivity contribution >= 4 is 33.5 Å². The van der Waals surface area contributed by atoms with Crippen LogP contribution in [0.1, 0.15) is 11.1 Å². The lowest BCUT2D eigenvalue weighted by Gasteiger charge is -2.21. The Balaban J connectivity index is 2.11. The van der Waals surface area contributed by atoms with Crippen molar-refractivity contribution in [3.05, 3.63) is 63.7 Å². The van der Waals surface area contributed by atoms with Crippen molar-refractivity contribution in [3.63, 3.8) is 0 Å². The van der Waals surface area contributed by atoms with Gasteiger partial charge in [-0.1, -0.05) is 12.1 Å². The Morgan fingerprint density at radius 3 is 2.62 bits per heavy atom. The molecule has 2 aromatic carbocycles. The van der Waals surface area contributed by atoms with Crippen molar-refractivity contribution in [2.75, 3.05) is 24.2 Å². The highest BCUT2D eigenvalue weighted by molar-refractivity contribution is 7.92. The second-order valence-corrected chi connectivity index (χ2v) is 8.00. The molecule has 0 saturated heterocycles. The molecule has 1 amide bonds. The van der Waals surface area contributed by atoms with Crippen molar-refractivity contribution in [3.8, 4) is 5.75 Å². The zero-order valence-corrected chi connectivity index (χ0v) is 16.8. The molecule has 0 bridgehead atoms. The molecule has 0 radical (unpaired) electrons. The number of carbonyl (C=O) groups is 1. The van der Waals surface area contributed by atoms with Crippen molar-refractivity contribution in [1.29, 1.82) is 0 Å². The maximum absolute atomic E-state index is 12.2. The van der Waals surface area contributed by atoms with E-state index in [4.69, 9.17) is 4.74 Å². The number of sulfonamides is 1. The second-order valence-electron chi connectivity index (χ2n) is 6.09. The number of amides is 1. The third kappa shape index (κ3) is 6.01. The van der Waals surface area contributed by atoms with E-state index in [-0.39, 0.29) is 11.4 Å². The number of aryl methyl sites for hydroxylation is 1. The Morgan fingerprint density at radius 1 is 1.31 bits per heavy atom. The molecule has 0 aliphatic rings. The molecule has 0 aliphatic heterocycles.